The number of thiophene rings is 1. The number of β-lactam (4-membered cyclic amide) rings is 1. The monoisotopic (exact) mass is 629 g/mol. The SMILES string of the molecule is COC1(NC(=O)Cc2cccs2)C(=O)N2C(C(=O)OCc3ccc([N+](=O)[O-])cc3)=C(CI)CS[C@H]21. The van der Waals surface area contributed by atoms with Gasteiger partial charge in [-0.2, -0.15) is 0 Å². The molecule has 0 spiro atoms. The molecular weight excluding hydrogens is 609 g/mol. The first kappa shape index (κ1) is 25.6. The summed E-state index contributed by atoms with van der Waals surface area (Å²) in [7, 11) is 1.35. The molecule has 13 heteroatoms. The predicted molar refractivity (Wildman–Crippen MR) is 138 cm³/mol. The van der Waals surface area contributed by atoms with Gasteiger partial charge in [0.25, 0.3) is 17.3 Å². The molecule has 0 saturated carbocycles. The number of thioether (sulfide) groups is 1. The summed E-state index contributed by atoms with van der Waals surface area (Å²) in [4.78, 5) is 51.5. The van der Waals surface area contributed by atoms with Crippen molar-refractivity contribution in [1.29, 1.82) is 0 Å². The molecule has 1 unspecified atom stereocenters. The minimum Gasteiger partial charge on any atom is -0.456 e. The standard InChI is InChI=1S/C22H20IN3O7S2/c1-32-22(24-17(27)9-16-3-2-8-34-16)20(29)25-18(14(10-23)12-35-21(22)25)19(28)33-11-13-4-6-15(7-5-13)26(30)31/h2-8,21H,9-12H2,1H3,(H,24,27)/t21-,22?/m0/s1. The fraction of sp³-hybridized carbons (Fsp3) is 0.318. The van der Waals surface area contributed by atoms with E-state index in [0.29, 0.717) is 15.7 Å². The lowest BCUT2D eigenvalue weighted by Crippen LogP contribution is -2.80. The number of nitrogens with one attached hydrogen (secondary N) is 1. The molecule has 0 aliphatic carbocycles. The Morgan fingerprint density at radius 2 is 2.06 bits per heavy atom. The number of benzene rings is 1. The lowest BCUT2D eigenvalue weighted by atomic mass is 9.98. The summed E-state index contributed by atoms with van der Waals surface area (Å²) in [6.07, 6.45) is 0.117. The number of nitro benzene ring substituents is 1. The van der Waals surface area contributed by atoms with Gasteiger partial charge in [0.1, 0.15) is 17.7 Å². The number of fused-ring (bicyclic) bond motifs is 1. The molecule has 1 saturated heterocycles. The number of alkyl halides is 1. The highest BCUT2D eigenvalue weighted by Gasteiger charge is 2.66. The van der Waals surface area contributed by atoms with E-state index in [-0.39, 0.29) is 30.3 Å². The molecule has 3 heterocycles. The Balaban J connectivity index is 1.48. The second-order valence-corrected chi connectivity index (χ2v) is 10.5. The minimum absolute atomic E-state index is 0.0645. The van der Waals surface area contributed by atoms with Gasteiger partial charge in [-0.25, -0.2) is 4.79 Å². The molecule has 2 aromatic rings. The van der Waals surface area contributed by atoms with Crippen molar-refractivity contribution < 1.29 is 28.8 Å². The van der Waals surface area contributed by atoms with Crippen LogP contribution in [0.15, 0.2) is 53.0 Å². The van der Waals surface area contributed by atoms with Crippen LogP contribution in [-0.4, -0.2) is 56.0 Å². The number of nitro groups is 1. The van der Waals surface area contributed by atoms with Crippen molar-refractivity contribution in [2.45, 2.75) is 24.1 Å². The first-order valence-electron chi connectivity index (χ1n) is 10.3. The second kappa shape index (κ2) is 10.6. The van der Waals surface area contributed by atoms with E-state index in [1.165, 1.54) is 59.4 Å². The molecule has 1 N–H and O–H groups in total. The average Bonchev–Trinajstić information content (AvgIpc) is 3.37. The van der Waals surface area contributed by atoms with E-state index >= 15 is 0 Å². The Labute approximate surface area is 222 Å². The fourth-order valence-corrected chi connectivity index (χ4v) is 6.93. The molecule has 35 heavy (non-hydrogen) atoms. The van der Waals surface area contributed by atoms with E-state index in [9.17, 15) is 24.5 Å². The van der Waals surface area contributed by atoms with Crippen molar-refractivity contribution in [3.05, 3.63) is 73.6 Å². The van der Waals surface area contributed by atoms with Crippen molar-refractivity contribution in [2.75, 3.05) is 17.3 Å². The first-order chi connectivity index (χ1) is 16.8. The van der Waals surface area contributed by atoms with Crippen LogP contribution in [0, 0.1) is 10.1 Å². The van der Waals surface area contributed by atoms with Crippen LogP contribution < -0.4 is 5.32 Å². The van der Waals surface area contributed by atoms with E-state index in [2.05, 4.69) is 27.9 Å². The van der Waals surface area contributed by atoms with E-state index in [1.807, 2.05) is 17.5 Å². The highest BCUT2D eigenvalue weighted by molar-refractivity contribution is 14.1. The Hall–Kier alpha value is -2.49. The zero-order valence-corrected chi connectivity index (χ0v) is 22.2. The molecule has 2 amide bonds. The van der Waals surface area contributed by atoms with Gasteiger partial charge < -0.3 is 14.8 Å². The number of methoxy groups -OCH3 is 1. The lowest BCUT2D eigenvalue weighted by molar-refractivity contribution is -0.384. The number of carbonyl (C=O) groups is 3. The molecule has 10 nitrogen and oxygen atoms in total. The Kier molecular flexibility index (Phi) is 7.78. The Morgan fingerprint density at radius 1 is 1.31 bits per heavy atom. The van der Waals surface area contributed by atoms with Gasteiger partial charge in [-0.1, -0.05) is 28.7 Å². The topological polar surface area (TPSA) is 128 Å². The molecule has 1 fully saturated rings. The smallest absolute Gasteiger partial charge is 0.355 e. The number of carbonyl (C=O) groups excluding carboxylic acids is 3. The van der Waals surface area contributed by atoms with Gasteiger partial charge in [-0.05, 0) is 34.7 Å². The zero-order valence-electron chi connectivity index (χ0n) is 18.4. The van der Waals surface area contributed by atoms with E-state index < -0.39 is 27.9 Å². The van der Waals surface area contributed by atoms with Gasteiger partial charge >= 0.3 is 5.97 Å². The summed E-state index contributed by atoms with van der Waals surface area (Å²) in [6.45, 7) is -0.109. The summed E-state index contributed by atoms with van der Waals surface area (Å²) < 4.78 is 11.5. The molecule has 184 valence electrons. The number of esters is 1. The van der Waals surface area contributed by atoms with Gasteiger partial charge in [0.05, 0.1) is 11.3 Å². The zero-order chi connectivity index (χ0) is 25.2. The third kappa shape index (κ3) is 4.94. The number of amides is 2. The quantitative estimate of drug-likeness (QED) is 0.0854. The molecule has 0 radical (unpaired) electrons. The maximum atomic E-state index is 13.3. The van der Waals surface area contributed by atoms with Crippen LogP contribution in [-0.2, 0) is 36.9 Å². The highest BCUT2D eigenvalue weighted by Crippen LogP contribution is 2.47. The average molecular weight is 629 g/mol. The molecular formula is C22H20IN3O7S2. The molecule has 2 aliphatic heterocycles. The highest BCUT2D eigenvalue weighted by atomic mass is 127. The predicted octanol–water partition coefficient (Wildman–Crippen LogP) is 3.01. The summed E-state index contributed by atoms with van der Waals surface area (Å²) in [5.41, 5.74) is -0.173. The maximum Gasteiger partial charge on any atom is 0.355 e. The van der Waals surface area contributed by atoms with Gasteiger partial charge in [-0.15, -0.1) is 23.1 Å². The van der Waals surface area contributed by atoms with Gasteiger partial charge in [0, 0.05) is 34.3 Å². The summed E-state index contributed by atoms with van der Waals surface area (Å²) >= 11 is 4.97. The normalized spacial score (nSPS) is 21.3. The van der Waals surface area contributed by atoms with Crippen molar-refractivity contribution >= 4 is 69.2 Å². The third-order valence-corrected chi connectivity index (χ3v) is 8.71. The largest absolute Gasteiger partial charge is 0.456 e. The van der Waals surface area contributed by atoms with Crippen LogP contribution in [0.25, 0.3) is 0 Å². The van der Waals surface area contributed by atoms with E-state index in [4.69, 9.17) is 9.47 Å². The van der Waals surface area contributed by atoms with Crippen molar-refractivity contribution in [3.63, 3.8) is 0 Å². The molecule has 1 aromatic heterocycles. The Morgan fingerprint density at radius 3 is 2.66 bits per heavy atom. The number of nitrogens with zero attached hydrogens (tertiary/aromatic N) is 2. The maximum absolute atomic E-state index is 13.3. The summed E-state index contributed by atoms with van der Waals surface area (Å²) in [5.74, 6) is -1.11. The van der Waals surface area contributed by atoms with Crippen LogP contribution in [0.1, 0.15) is 10.4 Å². The van der Waals surface area contributed by atoms with Crippen molar-refractivity contribution in [3.8, 4) is 0 Å². The second-order valence-electron chi connectivity index (χ2n) is 7.67. The van der Waals surface area contributed by atoms with E-state index in [1.54, 1.807) is 0 Å². The molecule has 2 atom stereocenters. The van der Waals surface area contributed by atoms with Crippen LogP contribution in [0.2, 0.25) is 0 Å². The number of rotatable bonds is 9. The number of halogens is 1. The number of hydrogen-bond donors (Lipinski definition) is 1. The van der Waals surface area contributed by atoms with Crippen LogP contribution in [0.5, 0.6) is 0 Å². The van der Waals surface area contributed by atoms with Crippen LogP contribution in [0.4, 0.5) is 5.69 Å². The van der Waals surface area contributed by atoms with Gasteiger partial charge in [0.15, 0.2) is 0 Å². The van der Waals surface area contributed by atoms with E-state index in [0.717, 1.165) is 10.5 Å². The molecule has 2 aliphatic rings. The van der Waals surface area contributed by atoms with Gasteiger partial charge in [0.2, 0.25) is 5.91 Å². The van der Waals surface area contributed by atoms with Crippen molar-refractivity contribution in [1.82, 2.24) is 10.2 Å². The lowest BCUT2D eigenvalue weighted by Gasteiger charge is -2.56. The fourth-order valence-electron chi connectivity index (χ4n) is 3.79. The van der Waals surface area contributed by atoms with Crippen LogP contribution >= 0.6 is 45.7 Å². The molecule has 4 rings (SSSR count). The first-order valence-corrected chi connectivity index (χ1v) is 13.8. The number of non-ortho nitro benzene ring substituents is 1. The molecule has 1 aromatic carbocycles. The number of hydrogen-bond acceptors (Lipinski definition) is 9. The summed E-state index contributed by atoms with van der Waals surface area (Å²) in [6, 6.07) is 9.35. The van der Waals surface area contributed by atoms with Gasteiger partial charge in [-0.3, -0.25) is 24.6 Å². The Bertz CT molecular complexity index is 1190. The number of ether oxygens (including phenoxy) is 2. The minimum atomic E-state index is -1.57. The van der Waals surface area contributed by atoms with Crippen molar-refractivity contribution in [2.24, 2.45) is 0 Å². The molecule has 0 bridgehead atoms. The third-order valence-electron chi connectivity index (χ3n) is 5.54. The van der Waals surface area contributed by atoms with Crippen LogP contribution in [0.3, 0.4) is 0 Å². The summed E-state index contributed by atoms with van der Waals surface area (Å²) in [5, 5.41) is 14.8.